The van der Waals surface area contributed by atoms with E-state index in [-0.39, 0.29) is 18.8 Å². The minimum absolute atomic E-state index is 0.0193. The van der Waals surface area contributed by atoms with Crippen LogP contribution in [0.5, 0.6) is 5.75 Å². The average molecular weight is 321 g/mol. The molecule has 0 aliphatic rings. The number of carbonyl (C=O) groups is 1. The van der Waals surface area contributed by atoms with Crippen molar-refractivity contribution in [2.24, 2.45) is 0 Å². The lowest BCUT2D eigenvalue weighted by Gasteiger charge is -2.08. The molecule has 122 valence electrons. The van der Waals surface area contributed by atoms with Gasteiger partial charge in [-0.25, -0.2) is 4.98 Å². The van der Waals surface area contributed by atoms with Crippen LogP contribution >= 0.6 is 0 Å². The molecule has 3 rings (SSSR count). The Kier molecular flexibility index (Phi) is 5.18. The standard InChI is InChI=1S/C20H19NO3/c22-11-10-18(23)12-15-4-3-6-19(13-15)24-14-17-9-8-16-5-1-2-7-20(16)21-17/h1-9,13,22H,10-12,14H2. The maximum absolute atomic E-state index is 11.6. The highest BCUT2D eigenvalue weighted by Gasteiger charge is 2.05. The first kappa shape index (κ1) is 16.1. The van der Waals surface area contributed by atoms with Gasteiger partial charge in [0.1, 0.15) is 18.1 Å². The van der Waals surface area contributed by atoms with E-state index in [2.05, 4.69) is 4.98 Å². The number of benzene rings is 2. The summed E-state index contributed by atoms with van der Waals surface area (Å²) in [6.45, 7) is 0.265. The third-order valence-corrected chi connectivity index (χ3v) is 3.73. The molecule has 0 atom stereocenters. The number of ketones is 1. The molecular weight excluding hydrogens is 302 g/mol. The smallest absolute Gasteiger partial charge is 0.139 e. The molecule has 0 amide bonds. The summed E-state index contributed by atoms with van der Waals surface area (Å²) in [6.07, 6.45) is 0.498. The molecule has 1 N–H and O–H groups in total. The van der Waals surface area contributed by atoms with E-state index < -0.39 is 0 Å². The van der Waals surface area contributed by atoms with Crippen LogP contribution in [-0.2, 0) is 17.8 Å². The Hall–Kier alpha value is -2.72. The van der Waals surface area contributed by atoms with Crippen LogP contribution in [0.4, 0.5) is 0 Å². The molecule has 0 bridgehead atoms. The number of pyridine rings is 1. The molecular formula is C20H19NO3. The molecule has 24 heavy (non-hydrogen) atoms. The van der Waals surface area contributed by atoms with E-state index >= 15 is 0 Å². The number of aliphatic hydroxyl groups is 1. The van der Waals surface area contributed by atoms with Gasteiger partial charge in [0.2, 0.25) is 0 Å². The Morgan fingerprint density at radius 2 is 1.92 bits per heavy atom. The fourth-order valence-corrected chi connectivity index (χ4v) is 2.53. The highest BCUT2D eigenvalue weighted by molar-refractivity contribution is 5.81. The summed E-state index contributed by atoms with van der Waals surface area (Å²) in [5, 5.41) is 9.90. The first-order valence-corrected chi connectivity index (χ1v) is 7.93. The van der Waals surface area contributed by atoms with Crippen molar-refractivity contribution in [1.29, 1.82) is 0 Å². The molecule has 3 aromatic rings. The van der Waals surface area contributed by atoms with E-state index in [4.69, 9.17) is 9.84 Å². The molecule has 0 aliphatic heterocycles. The summed E-state index contributed by atoms with van der Waals surface area (Å²) in [5.41, 5.74) is 2.69. The lowest BCUT2D eigenvalue weighted by molar-refractivity contribution is -0.119. The van der Waals surface area contributed by atoms with Gasteiger partial charge < -0.3 is 9.84 Å². The monoisotopic (exact) mass is 321 g/mol. The number of Topliss-reactive ketones (excluding diaryl/α,β-unsaturated/α-hetero) is 1. The minimum atomic E-state index is -0.108. The molecule has 0 fully saturated rings. The van der Waals surface area contributed by atoms with Crippen LogP contribution < -0.4 is 4.74 Å². The van der Waals surface area contributed by atoms with Crippen LogP contribution in [0.1, 0.15) is 17.7 Å². The highest BCUT2D eigenvalue weighted by Crippen LogP contribution is 2.17. The van der Waals surface area contributed by atoms with Crippen LogP contribution in [0.25, 0.3) is 10.9 Å². The van der Waals surface area contributed by atoms with Gasteiger partial charge in [0.15, 0.2) is 0 Å². The Labute approximate surface area is 140 Å². The van der Waals surface area contributed by atoms with Crippen molar-refractivity contribution in [3.8, 4) is 5.75 Å². The summed E-state index contributed by atoms with van der Waals surface area (Å²) in [4.78, 5) is 16.2. The topological polar surface area (TPSA) is 59.4 Å². The molecule has 2 aromatic carbocycles. The van der Waals surface area contributed by atoms with Crippen molar-refractivity contribution >= 4 is 16.7 Å². The maximum Gasteiger partial charge on any atom is 0.139 e. The molecule has 0 spiro atoms. The summed E-state index contributed by atoms with van der Waals surface area (Å²) >= 11 is 0. The summed E-state index contributed by atoms with van der Waals surface area (Å²) in [7, 11) is 0. The van der Waals surface area contributed by atoms with Crippen molar-refractivity contribution in [2.75, 3.05) is 6.61 Å². The van der Waals surface area contributed by atoms with Crippen molar-refractivity contribution < 1.29 is 14.6 Å². The first-order valence-electron chi connectivity index (χ1n) is 7.93. The molecule has 0 radical (unpaired) electrons. The number of para-hydroxylation sites is 1. The van der Waals surface area contributed by atoms with Crippen LogP contribution in [-0.4, -0.2) is 22.5 Å². The predicted molar refractivity (Wildman–Crippen MR) is 92.9 cm³/mol. The van der Waals surface area contributed by atoms with E-state index in [1.54, 1.807) is 0 Å². The van der Waals surface area contributed by atoms with Gasteiger partial charge in [-0.3, -0.25) is 4.79 Å². The minimum Gasteiger partial charge on any atom is -0.487 e. The fraction of sp³-hybridized carbons (Fsp3) is 0.200. The Balaban J connectivity index is 1.66. The number of hydrogen-bond acceptors (Lipinski definition) is 4. The molecule has 4 heteroatoms. The van der Waals surface area contributed by atoms with Crippen molar-refractivity contribution in [2.45, 2.75) is 19.4 Å². The molecule has 1 heterocycles. The normalized spacial score (nSPS) is 10.7. The number of nitrogens with zero attached hydrogens (tertiary/aromatic N) is 1. The number of ether oxygens (including phenoxy) is 1. The van der Waals surface area contributed by atoms with Gasteiger partial charge in [0.05, 0.1) is 11.2 Å². The van der Waals surface area contributed by atoms with E-state index in [9.17, 15) is 4.79 Å². The van der Waals surface area contributed by atoms with E-state index in [1.165, 1.54) is 0 Å². The first-order chi connectivity index (χ1) is 11.7. The summed E-state index contributed by atoms with van der Waals surface area (Å²) in [5.74, 6) is 0.727. The second-order valence-electron chi connectivity index (χ2n) is 5.62. The lowest BCUT2D eigenvalue weighted by Crippen LogP contribution is -2.05. The van der Waals surface area contributed by atoms with Crippen LogP contribution in [0.15, 0.2) is 60.7 Å². The Bertz CT molecular complexity index is 845. The van der Waals surface area contributed by atoms with E-state index in [0.29, 0.717) is 18.8 Å². The number of rotatable bonds is 7. The Morgan fingerprint density at radius 1 is 1.04 bits per heavy atom. The maximum atomic E-state index is 11.6. The highest BCUT2D eigenvalue weighted by atomic mass is 16.5. The van der Waals surface area contributed by atoms with Crippen molar-refractivity contribution in [3.63, 3.8) is 0 Å². The van der Waals surface area contributed by atoms with E-state index in [0.717, 1.165) is 22.2 Å². The molecule has 0 saturated heterocycles. The van der Waals surface area contributed by atoms with Crippen LogP contribution in [0, 0.1) is 0 Å². The van der Waals surface area contributed by atoms with E-state index in [1.807, 2.05) is 60.7 Å². The zero-order valence-electron chi connectivity index (χ0n) is 13.3. The number of carbonyl (C=O) groups excluding carboxylic acids is 1. The third kappa shape index (κ3) is 4.18. The zero-order chi connectivity index (χ0) is 16.8. The number of aliphatic hydroxyl groups excluding tert-OH is 1. The molecule has 0 unspecified atom stereocenters. The van der Waals surface area contributed by atoms with Crippen molar-refractivity contribution in [3.05, 3.63) is 71.9 Å². The van der Waals surface area contributed by atoms with Gasteiger partial charge in [-0.2, -0.15) is 0 Å². The zero-order valence-corrected chi connectivity index (χ0v) is 13.3. The van der Waals surface area contributed by atoms with Gasteiger partial charge in [-0.05, 0) is 29.8 Å². The molecule has 4 nitrogen and oxygen atoms in total. The van der Waals surface area contributed by atoms with Gasteiger partial charge >= 0.3 is 0 Å². The van der Waals surface area contributed by atoms with Crippen molar-refractivity contribution in [1.82, 2.24) is 4.98 Å². The third-order valence-electron chi connectivity index (χ3n) is 3.73. The number of fused-ring (bicyclic) bond motifs is 1. The SMILES string of the molecule is O=C(CCO)Cc1cccc(OCc2ccc3ccccc3n2)c1. The molecule has 0 saturated carbocycles. The van der Waals surface area contributed by atoms with Crippen LogP contribution in [0.2, 0.25) is 0 Å². The molecule has 0 aliphatic carbocycles. The van der Waals surface area contributed by atoms with Gasteiger partial charge in [-0.15, -0.1) is 0 Å². The average Bonchev–Trinajstić information content (AvgIpc) is 2.60. The second kappa shape index (κ2) is 7.70. The number of aromatic nitrogens is 1. The van der Waals surface area contributed by atoms with Crippen LogP contribution in [0.3, 0.4) is 0 Å². The predicted octanol–water partition coefficient (Wildman–Crippen LogP) is 3.31. The van der Waals surface area contributed by atoms with Gasteiger partial charge in [-0.1, -0.05) is 36.4 Å². The second-order valence-corrected chi connectivity index (χ2v) is 5.62. The quantitative estimate of drug-likeness (QED) is 0.725. The molecule has 1 aromatic heterocycles. The largest absolute Gasteiger partial charge is 0.487 e. The van der Waals surface area contributed by atoms with Gasteiger partial charge in [0.25, 0.3) is 0 Å². The lowest BCUT2D eigenvalue weighted by atomic mass is 10.1. The summed E-state index contributed by atoms with van der Waals surface area (Å²) in [6, 6.07) is 19.4. The number of hydrogen-bond donors (Lipinski definition) is 1. The Morgan fingerprint density at radius 3 is 2.79 bits per heavy atom. The fourth-order valence-electron chi connectivity index (χ4n) is 2.53. The summed E-state index contributed by atoms with van der Waals surface area (Å²) < 4.78 is 5.80. The van der Waals surface area contributed by atoms with Gasteiger partial charge in [0, 0.05) is 24.8 Å².